The maximum absolute atomic E-state index is 12.9. The van der Waals surface area contributed by atoms with E-state index < -0.39 is 5.97 Å². The molecule has 0 aliphatic rings. The number of carbonyl (C=O) groups is 1. The molecule has 0 unspecified atom stereocenters. The van der Waals surface area contributed by atoms with E-state index >= 15 is 0 Å². The van der Waals surface area contributed by atoms with Crippen LogP contribution in [0.4, 0.5) is 4.39 Å². The summed E-state index contributed by atoms with van der Waals surface area (Å²) in [5, 5.41) is 0.641. The molecule has 0 fully saturated rings. The van der Waals surface area contributed by atoms with Crippen molar-refractivity contribution in [3.63, 3.8) is 0 Å². The lowest BCUT2D eigenvalue weighted by Gasteiger charge is -2.09. The van der Waals surface area contributed by atoms with Gasteiger partial charge in [0.2, 0.25) is 0 Å². The number of methoxy groups -OCH3 is 1. The number of ether oxygens (including phenoxy) is 1. The Morgan fingerprint density at radius 1 is 1.39 bits per heavy atom. The Morgan fingerprint density at radius 3 is 2.61 bits per heavy atom. The van der Waals surface area contributed by atoms with E-state index in [0.29, 0.717) is 16.5 Å². The molecule has 0 atom stereocenters. The average Bonchev–Trinajstić information content (AvgIpc) is 2.82. The monoisotopic (exact) mass is 266 g/mol. The van der Waals surface area contributed by atoms with Crippen molar-refractivity contribution in [1.29, 1.82) is 0 Å². The Morgan fingerprint density at radius 2 is 2.06 bits per heavy atom. The SMILES string of the molecule is COC(=O)c1cnc(SC)n1-c1ccc(F)cc1. The predicted octanol–water partition coefficient (Wildman–Crippen LogP) is 2.52. The zero-order valence-corrected chi connectivity index (χ0v) is 10.7. The molecule has 6 heteroatoms. The lowest BCUT2D eigenvalue weighted by atomic mass is 10.3. The summed E-state index contributed by atoms with van der Waals surface area (Å²) in [6, 6.07) is 5.84. The summed E-state index contributed by atoms with van der Waals surface area (Å²) < 4.78 is 19.2. The van der Waals surface area contributed by atoms with Gasteiger partial charge in [-0.05, 0) is 30.5 Å². The third-order valence-corrected chi connectivity index (χ3v) is 3.04. The van der Waals surface area contributed by atoms with Gasteiger partial charge in [-0.25, -0.2) is 14.2 Å². The molecule has 1 heterocycles. The molecule has 0 radical (unpaired) electrons. The van der Waals surface area contributed by atoms with Crippen LogP contribution in [0.1, 0.15) is 10.5 Å². The third-order valence-electron chi connectivity index (χ3n) is 2.39. The standard InChI is InChI=1S/C12H11FN2O2S/c1-17-11(16)10-7-14-12(18-2)15(10)9-5-3-8(13)4-6-9/h3-7H,1-2H3. The second-order valence-corrected chi connectivity index (χ2v) is 4.21. The fourth-order valence-corrected chi connectivity index (χ4v) is 2.11. The van der Waals surface area contributed by atoms with Crippen LogP contribution in [0.5, 0.6) is 0 Å². The zero-order valence-electron chi connectivity index (χ0n) is 9.88. The largest absolute Gasteiger partial charge is 0.464 e. The van der Waals surface area contributed by atoms with E-state index in [1.54, 1.807) is 16.7 Å². The first-order chi connectivity index (χ1) is 8.67. The van der Waals surface area contributed by atoms with Gasteiger partial charge in [-0.15, -0.1) is 0 Å². The molecule has 0 N–H and O–H groups in total. The fourth-order valence-electron chi connectivity index (χ4n) is 1.57. The number of aromatic nitrogens is 2. The van der Waals surface area contributed by atoms with E-state index in [0.717, 1.165) is 0 Å². The van der Waals surface area contributed by atoms with Crippen molar-refractivity contribution in [1.82, 2.24) is 9.55 Å². The average molecular weight is 266 g/mol. The van der Waals surface area contributed by atoms with Crippen molar-refractivity contribution in [2.45, 2.75) is 5.16 Å². The highest BCUT2D eigenvalue weighted by atomic mass is 32.2. The Labute approximate surface area is 108 Å². The van der Waals surface area contributed by atoms with Crippen LogP contribution in [-0.2, 0) is 4.74 Å². The van der Waals surface area contributed by atoms with Crippen molar-refractivity contribution in [2.24, 2.45) is 0 Å². The van der Waals surface area contributed by atoms with Gasteiger partial charge < -0.3 is 4.74 Å². The first-order valence-electron chi connectivity index (χ1n) is 5.13. The number of carbonyl (C=O) groups excluding carboxylic acids is 1. The first-order valence-corrected chi connectivity index (χ1v) is 6.36. The number of imidazole rings is 1. The van der Waals surface area contributed by atoms with E-state index in [1.165, 1.54) is 37.2 Å². The predicted molar refractivity (Wildman–Crippen MR) is 66.6 cm³/mol. The maximum atomic E-state index is 12.9. The number of esters is 1. The topological polar surface area (TPSA) is 44.1 Å². The van der Waals surface area contributed by atoms with Crippen molar-refractivity contribution >= 4 is 17.7 Å². The molecule has 2 rings (SSSR count). The van der Waals surface area contributed by atoms with Gasteiger partial charge >= 0.3 is 5.97 Å². The van der Waals surface area contributed by atoms with Gasteiger partial charge in [-0.3, -0.25) is 4.57 Å². The zero-order chi connectivity index (χ0) is 13.1. The van der Waals surface area contributed by atoms with Crippen molar-refractivity contribution in [2.75, 3.05) is 13.4 Å². The van der Waals surface area contributed by atoms with Gasteiger partial charge in [0, 0.05) is 5.69 Å². The van der Waals surface area contributed by atoms with Gasteiger partial charge in [-0.2, -0.15) is 0 Å². The van der Waals surface area contributed by atoms with Gasteiger partial charge in [0.05, 0.1) is 13.3 Å². The van der Waals surface area contributed by atoms with Gasteiger partial charge in [0.1, 0.15) is 5.82 Å². The van der Waals surface area contributed by atoms with E-state index in [1.807, 2.05) is 6.26 Å². The normalized spacial score (nSPS) is 10.4. The van der Waals surface area contributed by atoms with E-state index in [-0.39, 0.29) is 5.82 Å². The molecule has 94 valence electrons. The summed E-state index contributed by atoms with van der Waals surface area (Å²) >= 11 is 1.39. The Bertz CT molecular complexity index is 566. The van der Waals surface area contributed by atoms with Gasteiger partial charge in [0.15, 0.2) is 10.9 Å². The molecular formula is C12H11FN2O2S. The number of rotatable bonds is 3. The lowest BCUT2D eigenvalue weighted by molar-refractivity contribution is 0.0591. The molecule has 1 aromatic carbocycles. The molecular weight excluding hydrogens is 255 g/mol. The molecule has 0 aliphatic carbocycles. The van der Waals surface area contributed by atoms with E-state index in [4.69, 9.17) is 4.74 Å². The van der Waals surface area contributed by atoms with Crippen LogP contribution in [0.25, 0.3) is 5.69 Å². The molecule has 0 aliphatic heterocycles. The number of hydrogen-bond donors (Lipinski definition) is 0. The molecule has 0 saturated carbocycles. The Kier molecular flexibility index (Phi) is 3.66. The summed E-state index contributed by atoms with van der Waals surface area (Å²) in [5.74, 6) is -0.809. The summed E-state index contributed by atoms with van der Waals surface area (Å²) in [4.78, 5) is 15.8. The van der Waals surface area contributed by atoms with Crippen LogP contribution < -0.4 is 0 Å². The van der Waals surface area contributed by atoms with Crippen LogP contribution in [-0.4, -0.2) is 28.9 Å². The third kappa shape index (κ3) is 2.24. The number of nitrogens with zero attached hydrogens (tertiary/aromatic N) is 2. The second-order valence-electron chi connectivity index (χ2n) is 3.43. The van der Waals surface area contributed by atoms with Gasteiger partial charge in [-0.1, -0.05) is 11.8 Å². The number of halogens is 1. The quantitative estimate of drug-likeness (QED) is 0.632. The second kappa shape index (κ2) is 5.22. The Hall–Kier alpha value is -1.82. The number of thioether (sulfide) groups is 1. The number of hydrogen-bond acceptors (Lipinski definition) is 4. The highest BCUT2D eigenvalue weighted by Gasteiger charge is 2.17. The minimum atomic E-state index is -0.480. The van der Waals surface area contributed by atoms with Crippen LogP contribution in [0.3, 0.4) is 0 Å². The smallest absolute Gasteiger partial charge is 0.356 e. The lowest BCUT2D eigenvalue weighted by Crippen LogP contribution is -2.09. The molecule has 0 saturated heterocycles. The molecule has 4 nitrogen and oxygen atoms in total. The Balaban J connectivity index is 2.56. The molecule has 1 aromatic heterocycles. The van der Waals surface area contributed by atoms with Crippen LogP contribution in [0.15, 0.2) is 35.6 Å². The minimum Gasteiger partial charge on any atom is -0.464 e. The van der Waals surface area contributed by atoms with Crippen LogP contribution in [0, 0.1) is 5.82 Å². The van der Waals surface area contributed by atoms with E-state index in [9.17, 15) is 9.18 Å². The van der Waals surface area contributed by atoms with Crippen molar-refractivity contribution < 1.29 is 13.9 Å². The van der Waals surface area contributed by atoms with E-state index in [2.05, 4.69) is 4.98 Å². The molecule has 0 spiro atoms. The molecule has 18 heavy (non-hydrogen) atoms. The number of benzene rings is 1. The summed E-state index contributed by atoms with van der Waals surface area (Å²) in [6.07, 6.45) is 3.30. The highest BCUT2D eigenvalue weighted by Crippen LogP contribution is 2.22. The van der Waals surface area contributed by atoms with Crippen LogP contribution >= 0.6 is 11.8 Å². The molecule has 0 amide bonds. The summed E-state index contributed by atoms with van der Waals surface area (Å²) in [7, 11) is 1.31. The molecule has 0 bridgehead atoms. The van der Waals surface area contributed by atoms with Crippen molar-refractivity contribution in [3.8, 4) is 5.69 Å². The summed E-state index contributed by atoms with van der Waals surface area (Å²) in [5.41, 5.74) is 0.979. The highest BCUT2D eigenvalue weighted by molar-refractivity contribution is 7.98. The maximum Gasteiger partial charge on any atom is 0.356 e. The molecule has 2 aromatic rings. The van der Waals surface area contributed by atoms with Gasteiger partial charge in [0.25, 0.3) is 0 Å². The summed E-state index contributed by atoms with van der Waals surface area (Å²) in [6.45, 7) is 0. The fraction of sp³-hybridized carbons (Fsp3) is 0.167. The van der Waals surface area contributed by atoms with Crippen LogP contribution in [0.2, 0.25) is 0 Å². The first kappa shape index (κ1) is 12.6. The minimum absolute atomic E-state index is 0.313. The van der Waals surface area contributed by atoms with Crippen molar-refractivity contribution in [3.05, 3.63) is 42.0 Å².